The van der Waals surface area contributed by atoms with E-state index in [4.69, 9.17) is 9.05 Å². The highest BCUT2D eigenvalue weighted by Crippen LogP contribution is 2.43. The summed E-state index contributed by atoms with van der Waals surface area (Å²) in [6.07, 6.45) is 93.2. The van der Waals surface area contributed by atoms with Crippen molar-refractivity contribution in [3.8, 4) is 0 Å². The SMILES string of the molecule is CC/C=C\C/C=C\C/C=C\C/C=C\C/C=C\C/C=C\C/C=C\C/C=C\C/C=C\CCCCCCCCCC(=O)NC(COP(=O)(O)OCC[N+](C)(C)C)C(O)CCCCCCCCCCCCCCCCCCCCCCCCCCCC. The maximum absolute atomic E-state index is 13.1. The first-order valence-corrected chi connectivity index (χ1v) is 36.2. The van der Waals surface area contributed by atoms with Crippen molar-refractivity contribution in [2.75, 3.05) is 40.9 Å². The van der Waals surface area contributed by atoms with E-state index < -0.39 is 20.0 Å². The number of phosphoric acid groups is 1. The standard InChI is InChI=1S/C74H133N2O6P/c1-6-8-10-12-14-16-18-20-22-24-26-28-30-32-34-35-36-37-38-39-40-41-42-44-46-48-50-52-54-56-58-60-62-64-66-68-74(78)75-72(71-82-83(79,80)81-70-69-76(3,4)5)73(77)67-65-63-61-59-57-55-53-51-49-47-45-43-33-31-29-27-25-23-21-19-17-15-13-11-9-7-2/h8,10,14,16,20,22,26,28,32,34,36-37,39-40,42,44,48,50,72-73,77H,6-7,9,11-13,15,17-19,21,23-25,27,29-31,33,35,38,41,43,45-47,49,51-71H2,1-5H3,(H-,75,78,79,80)/p+1/b10-8-,16-14-,22-20-,28-26-,34-32-,37-36-,40-39-,44-42-,50-48-. The molecule has 0 aliphatic carbocycles. The fourth-order valence-corrected chi connectivity index (χ4v) is 10.7. The number of phosphoric ester groups is 1. The number of likely N-dealkylation sites (N-methyl/N-ethyl adjacent to an activating group) is 1. The highest BCUT2D eigenvalue weighted by atomic mass is 31.2. The van der Waals surface area contributed by atoms with Crippen LogP contribution in [-0.4, -0.2) is 73.4 Å². The zero-order chi connectivity index (χ0) is 60.5. The summed E-state index contributed by atoms with van der Waals surface area (Å²) in [6.45, 7) is 4.79. The predicted octanol–water partition coefficient (Wildman–Crippen LogP) is 22.3. The Hall–Kier alpha value is -2.84. The normalized spacial score (nSPS) is 14.3. The van der Waals surface area contributed by atoms with Crippen molar-refractivity contribution < 1.29 is 32.9 Å². The van der Waals surface area contributed by atoms with Crippen LogP contribution in [0.3, 0.4) is 0 Å². The second-order valence-electron chi connectivity index (χ2n) is 24.5. The van der Waals surface area contributed by atoms with Gasteiger partial charge in [-0.15, -0.1) is 0 Å². The topological polar surface area (TPSA) is 105 Å². The average Bonchev–Trinajstić information content (AvgIpc) is 3.49. The molecule has 0 aromatic rings. The molecule has 3 atom stereocenters. The van der Waals surface area contributed by atoms with Crippen LogP contribution in [0.5, 0.6) is 0 Å². The third-order valence-electron chi connectivity index (χ3n) is 15.3. The molecular weight excluding hydrogens is 1040 g/mol. The van der Waals surface area contributed by atoms with E-state index in [2.05, 4.69) is 129 Å². The van der Waals surface area contributed by atoms with Gasteiger partial charge in [-0.05, 0) is 83.5 Å². The lowest BCUT2D eigenvalue weighted by Crippen LogP contribution is -2.46. The molecule has 0 saturated carbocycles. The number of nitrogens with one attached hydrogen (secondary N) is 1. The molecule has 8 nitrogen and oxygen atoms in total. The number of aliphatic hydroxyl groups is 1. The van der Waals surface area contributed by atoms with Gasteiger partial charge in [0.25, 0.3) is 0 Å². The van der Waals surface area contributed by atoms with Crippen molar-refractivity contribution in [2.45, 2.75) is 315 Å². The Balaban J connectivity index is 4.13. The maximum Gasteiger partial charge on any atom is 0.472 e. The summed E-state index contributed by atoms with van der Waals surface area (Å²) in [5, 5.41) is 14.1. The van der Waals surface area contributed by atoms with Crippen molar-refractivity contribution in [1.82, 2.24) is 5.32 Å². The average molecular weight is 1180 g/mol. The fraction of sp³-hybridized carbons (Fsp3) is 0.743. The number of aliphatic hydroxyl groups excluding tert-OH is 1. The fourth-order valence-electron chi connectivity index (χ4n) is 9.92. The van der Waals surface area contributed by atoms with Crippen LogP contribution < -0.4 is 5.32 Å². The number of carbonyl (C=O) groups excluding carboxylic acids is 1. The lowest BCUT2D eigenvalue weighted by Gasteiger charge is -2.26. The minimum Gasteiger partial charge on any atom is -0.391 e. The number of hydrogen-bond acceptors (Lipinski definition) is 5. The van der Waals surface area contributed by atoms with Gasteiger partial charge in [-0.3, -0.25) is 13.8 Å². The Bertz CT molecular complexity index is 1720. The number of hydrogen-bond donors (Lipinski definition) is 3. The zero-order valence-corrected chi connectivity index (χ0v) is 55.8. The molecule has 0 aliphatic rings. The Morgan fingerprint density at radius 1 is 0.422 bits per heavy atom. The summed E-state index contributed by atoms with van der Waals surface area (Å²) >= 11 is 0. The number of amides is 1. The summed E-state index contributed by atoms with van der Waals surface area (Å²) in [4.78, 5) is 23.5. The van der Waals surface area contributed by atoms with Gasteiger partial charge >= 0.3 is 7.82 Å². The van der Waals surface area contributed by atoms with E-state index in [-0.39, 0.29) is 19.1 Å². The van der Waals surface area contributed by atoms with E-state index >= 15 is 0 Å². The molecule has 3 N–H and O–H groups in total. The van der Waals surface area contributed by atoms with Gasteiger partial charge in [0.1, 0.15) is 13.2 Å². The first-order chi connectivity index (χ1) is 40.5. The largest absolute Gasteiger partial charge is 0.472 e. The van der Waals surface area contributed by atoms with E-state index in [9.17, 15) is 19.4 Å². The summed E-state index contributed by atoms with van der Waals surface area (Å²) in [5.74, 6) is -0.156. The van der Waals surface area contributed by atoms with Gasteiger partial charge in [0.15, 0.2) is 0 Å². The highest BCUT2D eigenvalue weighted by molar-refractivity contribution is 7.47. The molecule has 0 aromatic heterocycles. The molecule has 0 saturated heterocycles. The van der Waals surface area contributed by atoms with Gasteiger partial charge in [0, 0.05) is 6.42 Å². The first-order valence-electron chi connectivity index (χ1n) is 34.8. The van der Waals surface area contributed by atoms with E-state index in [1.807, 2.05) is 21.1 Å². The highest BCUT2D eigenvalue weighted by Gasteiger charge is 2.28. The zero-order valence-electron chi connectivity index (χ0n) is 54.9. The third-order valence-corrected chi connectivity index (χ3v) is 16.3. The van der Waals surface area contributed by atoms with E-state index in [1.54, 1.807) is 0 Å². The van der Waals surface area contributed by atoms with E-state index in [0.29, 0.717) is 23.9 Å². The van der Waals surface area contributed by atoms with E-state index in [1.165, 1.54) is 167 Å². The molecule has 0 fully saturated rings. The van der Waals surface area contributed by atoms with Gasteiger partial charge in [-0.2, -0.15) is 0 Å². The summed E-state index contributed by atoms with van der Waals surface area (Å²) in [6, 6.07) is -0.776. The Labute approximate surface area is 514 Å². The second-order valence-corrected chi connectivity index (χ2v) is 26.0. The number of quaternary nitrogens is 1. The van der Waals surface area contributed by atoms with Crippen molar-refractivity contribution in [2.24, 2.45) is 0 Å². The lowest BCUT2D eigenvalue weighted by atomic mass is 10.0. The van der Waals surface area contributed by atoms with Crippen molar-refractivity contribution >= 4 is 13.7 Å². The summed E-state index contributed by atoms with van der Waals surface area (Å²) in [7, 11) is 1.60. The predicted molar refractivity (Wildman–Crippen MR) is 364 cm³/mol. The molecule has 0 aromatic carbocycles. The number of nitrogens with zero attached hydrogens (tertiary/aromatic N) is 1. The van der Waals surface area contributed by atoms with Crippen LogP contribution in [-0.2, 0) is 18.4 Å². The number of unbranched alkanes of at least 4 members (excludes halogenated alkanes) is 32. The summed E-state index contributed by atoms with van der Waals surface area (Å²) < 4.78 is 23.9. The summed E-state index contributed by atoms with van der Waals surface area (Å²) in [5.41, 5.74) is 0. The van der Waals surface area contributed by atoms with Crippen molar-refractivity contribution in [3.63, 3.8) is 0 Å². The molecule has 0 aliphatic heterocycles. The van der Waals surface area contributed by atoms with Crippen LogP contribution in [0.25, 0.3) is 0 Å². The number of carbonyl (C=O) groups is 1. The number of rotatable bonds is 63. The molecule has 3 unspecified atom stereocenters. The first kappa shape index (κ1) is 80.2. The minimum atomic E-state index is -4.34. The van der Waals surface area contributed by atoms with Crippen LogP contribution in [0.2, 0.25) is 0 Å². The van der Waals surface area contributed by atoms with Gasteiger partial charge < -0.3 is 19.8 Å². The molecule has 0 radical (unpaired) electrons. The van der Waals surface area contributed by atoms with Gasteiger partial charge in [0.05, 0.1) is 39.9 Å². The molecule has 0 rings (SSSR count). The molecular formula is C74H134N2O6P+. The smallest absolute Gasteiger partial charge is 0.391 e. The van der Waals surface area contributed by atoms with Crippen molar-refractivity contribution in [3.05, 3.63) is 109 Å². The molecule has 0 bridgehead atoms. The van der Waals surface area contributed by atoms with Crippen molar-refractivity contribution in [1.29, 1.82) is 0 Å². The Morgan fingerprint density at radius 3 is 1.06 bits per heavy atom. The minimum absolute atomic E-state index is 0.0676. The molecule has 1 amide bonds. The monoisotopic (exact) mass is 1180 g/mol. The molecule has 480 valence electrons. The lowest BCUT2D eigenvalue weighted by molar-refractivity contribution is -0.870. The Morgan fingerprint density at radius 2 is 0.723 bits per heavy atom. The van der Waals surface area contributed by atoms with Gasteiger partial charge in [-0.25, -0.2) is 4.57 Å². The van der Waals surface area contributed by atoms with Crippen LogP contribution in [0.4, 0.5) is 0 Å². The van der Waals surface area contributed by atoms with Crippen LogP contribution >= 0.6 is 7.82 Å². The molecule has 9 heteroatoms. The molecule has 0 heterocycles. The maximum atomic E-state index is 13.1. The number of allylic oxidation sites excluding steroid dienone is 18. The van der Waals surface area contributed by atoms with Gasteiger partial charge in [0.2, 0.25) is 5.91 Å². The van der Waals surface area contributed by atoms with Crippen LogP contribution in [0, 0.1) is 0 Å². The third kappa shape index (κ3) is 66.5. The molecule has 83 heavy (non-hydrogen) atoms. The van der Waals surface area contributed by atoms with Crippen LogP contribution in [0.15, 0.2) is 109 Å². The van der Waals surface area contributed by atoms with E-state index in [0.717, 1.165) is 109 Å². The quantitative estimate of drug-likeness (QED) is 0.0243. The van der Waals surface area contributed by atoms with Gasteiger partial charge in [-0.1, -0.05) is 322 Å². The van der Waals surface area contributed by atoms with Crippen LogP contribution in [0.1, 0.15) is 303 Å². The molecule has 0 spiro atoms. The second kappa shape index (κ2) is 63.7. The Kier molecular flexibility index (Phi) is 61.5.